The topological polar surface area (TPSA) is 55.4 Å². The van der Waals surface area contributed by atoms with Crippen LogP contribution in [0.4, 0.5) is 0 Å². The number of ether oxygens (including phenoxy) is 1. The van der Waals surface area contributed by atoms with Gasteiger partial charge in [-0.05, 0) is 25.1 Å². The van der Waals surface area contributed by atoms with Gasteiger partial charge < -0.3 is 10.1 Å². The van der Waals surface area contributed by atoms with Gasteiger partial charge in [-0.1, -0.05) is 48.5 Å². The first-order chi connectivity index (χ1) is 10.6. The zero-order valence-corrected chi connectivity index (χ0v) is 12.1. The highest BCUT2D eigenvalue weighted by Gasteiger charge is 2.41. The van der Waals surface area contributed by atoms with Crippen molar-refractivity contribution < 1.29 is 14.3 Å². The first-order valence-corrected chi connectivity index (χ1v) is 6.97. The highest BCUT2D eigenvalue weighted by atomic mass is 16.5. The van der Waals surface area contributed by atoms with E-state index in [1.807, 2.05) is 36.4 Å². The van der Waals surface area contributed by atoms with Crippen LogP contribution in [0.25, 0.3) is 5.76 Å². The number of amides is 1. The van der Waals surface area contributed by atoms with Crippen LogP contribution in [0.15, 0.2) is 66.7 Å². The molecule has 1 aliphatic heterocycles. The summed E-state index contributed by atoms with van der Waals surface area (Å²) in [5.74, 6) is -0.345. The van der Waals surface area contributed by atoms with Crippen molar-refractivity contribution in [3.05, 3.63) is 77.9 Å². The lowest BCUT2D eigenvalue weighted by Crippen LogP contribution is -2.49. The molecule has 1 amide bonds. The molecule has 1 atom stereocenters. The molecule has 0 aromatic heterocycles. The maximum Gasteiger partial charge on any atom is 0.341 e. The van der Waals surface area contributed by atoms with Gasteiger partial charge in [0.2, 0.25) is 0 Å². The van der Waals surface area contributed by atoms with E-state index in [2.05, 4.69) is 5.32 Å². The lowest BCUT2D eigenvalue weighted by Gasteiger charge is -2.19. The zero-order chi connectivity index (χ0) is 15.6. The highest BCUT2D eigenvalue weighted by Crippen LogP contribution is 2.29. The first-order valence-electron chi connectivity index (χ1n) is 6.97. The van der Waals surface area contributed by atoms with E-state index in [9.17, 15) is 9.59 Å². The largest absolute Gasteiger partial charge is 0.424 e. The van der Waals surface area contributed by atoms with Crippen molar-refractivity contribution in [2.24, 2.45) is 0 Å². The minimum absolute atomic E-state index is 0.314. The van der Waals surface area contributed by atoms with Crippen molar-refractivity contribution >= 4 is 17.6 Å². The predicted molar refractivity (Wildman–Crippen MR) is 82.8 cm³/mol. The van der Waals surface area contributed by atoms with Gasteiger partial charge in [0.05, 0.1) is 0 Å². The van der Waals surface area contributed by atoms with Gasteiger partial charge in [-0.15, -0.1) is 0 Å². The molecular formula is C18H15NO3. The number of hydrogen-bond donors (Lipinski definition) is 1. The molecule has 110 valence electrons. The van der Waals surface area contributed by atoms with E-state index >= 15 is 0 Å². The summed E-state index contributed by atoms with van der Waals surface area (Å²) in [6.07, 6.45) is 1.64. The van der Waals surface area contributed by atoms with Crippen molar-refractivity contribution in [1.82, 2.24) is 5.32 Å². The van der Waals surface area contributed by atoms with E-state index in [-0.39, 0.29) is 5.91 Å². The molecule has 0 bridgehead atoms. The molecular weight excluding hydrogens is 278 g/mol. The minimum Gasteiger partial charge on any atom is -0.424 e. The van der Waals surface area contributed by atoms with E-state index in [1.54, 1.807) is 37.3 Å². The average molecular weight is 293 g/mol. The van der Waals surface area contributed by atoms with Gasteiger partial charge in [-0.3, -0.25) is 4.79 Å². The van der Waals surface area contributed by atoms with E-state index in [4.69, 9.17) is 4.74 Å². The molecule has 4 nitrogen and oxygen atoms in total. The van der Waals surface area contributed by atoms with Crippen LogP contribution in [0.2, 0.25) is 0 Å². The van der Waals surface area contributed by atoms with Gasteiger partial charge in [0, 0.05) is 11.1 Å². The zero-order valence-electron chi connectivity index (χ0n) is 12.1. The summed E-state index contributed by atoms with van der Waals surface area (Å²) in [6.45, 7) is 1.63. The minimum atomic E-state index is -1.17. The van der Waals surface area contributed by atoms with E-state index < -0.39 is 11.5 Å². The molecule has 1 N–H and O–H groups in total. The monoisotopic (exact) mass is 293 g/mol. The molecule has 2 aromatic rings. The quantitative estimate of drug-likeness (QED) is 0.885. The van der Waals surface area contributed by atoms with Crippen LogP contribution in [-0.4, -0.2) is 17.4 Å². The summed E-state index contributed by atoms with van der Waals surface area (Å²) >= 11 is 0. The third kappa shape index (κ3) is 2.63. The highest BCUT2D eigenvalue weighted by molar-refractivity contribution is 6.02. The number of nitrogens with one attached hydrogen (secondary N) is 1. The van der Waals surface area contributed by atoms with Gasteiger partial charge in [-0.2, -0.15) is 0 Å². The number of esters is 1. The Balaban J connectivity index is 1.85. The number of carbonyl (C=O) groups is 2. The lowest BCUT2D eigenvalue weighted by atomic mass is 10.0. The molecule has 1 unspecified atom stereocenters. The average Bonchev–Trinajstić information content (AvgIpc) is 2.84. The number of rotatable bonds is 3. The van der Waals surface area contributed by atoms with Crippen LogP contribution in [0, 0.1) is 0 Å². The summed E-state index contributed by atoms with van der Waals surface area (Å²) in [5.41, 5.74) is 0.129. The van der Waals surface area contributed by atoms with Gasteiger partial charge in [0.1, 0.15) is 5.76 Å². The fourth-order valence-corrected chi connectivity index (χ4v) is 2.29. The summed E-state index contributed by atoms with van der Waals surface area (Å²) in [6, 6.07) is 18.1. The Bertz CT molecular complexity index is 737. The Hall–Kier alpha value is -2.88. The second-order valence-corrected chi connectivity index (χ2v) is 5.29. The summed E-state index contributed by atoms with van der Waals surface area (Å²) in [5, 5.41) is 2.73. The SMILES string of the molecule is CC1(NC(=O)c2ccccc2)C=C(c2ccccc2)OC1=O. The van der Waals surface area contributed by atoms with Crippen LogP contribution in [0.3, 0.4) is 0 Å². The normalized spacial score (nSPS) is 20.2. The number of benzene rings is 2. The van der Waals surface area contributed by atoms with Gasteiger partial charge in [0.25, 0.3) is 5.91 Å². The number of hydrogen-bond acceptors (Lipinski definition) is 3. The van der Waals surface area contributed by atoms with Crippen LogP contribution in [-0.2, 0) is 9.53 Å². The Kier molecular flexibility index (Phi) is 3.51. The molecule has 1 aliphatic rings. The van der Waals surface area contributed by atoms with Crippen LogP contribution in [0.1, 0.15) is 22.8 Å². The fourth-order valence-electron chi connectivity index (χ4n) is 2.29. The Morgan fingerprint density at radius 3 is 2.23 bits per heavy atom. The summed E-state index contributed by atoms with van der Waals surface area (Å²) in [4.78, 5) is 24.4. The molecule has 22 heavy (non-hydrogen) atoms. The van der Waals surface area contributed by atoms with Crippen molar-refractivity contribution in [3.8, 4) is 0 Å². The predicted octanol–water partition coefficient (Wildman–Crippen LogP) is 2.77. The van der Waals surface area contributed by atoms with Crippen molar-refractivity contribution in [3.63, 3.8) is 0 Å². The molecule has 0 radical (unpaired) electrons. The van der Waals surface area contributed by atoms with Gasteiger partial charge in [-0.25, -0.2) is 4.79 Å². The lowest BCUT2D eigenvalue weighted by molar-refractivity contribution is -0.139. The maximum absolute atomic E-state index is 12.2. The van der Waals surface area contributed by atoms with Gasteiger partial charge in [0.15, 0.2) is 5.54 Å². The smallest absolute Gasteiger partial charge is 0.341 e. The molecule has 0 saturated carbocycles. The number of cyclic esters (lactones) is 1. The second-order valence-electron chi connectivity index (χ2n) is 5.29. The fraction of sp³-hybridized carbons (Fsp3) is 0.111. The van der Waals surface area contributed by atoms with Crippen molar-refractivity contribution in [2.45, 2.75) is 12.5 Å². The molecule has 0 fully saturated rings. The first kappa shape index (κ1) is 14.1. The molecule has 1 heterocycles. The van der Waals surface area contributed by atoms with Gasteiger partial charge >= 0.3 is 5.97 Å². The number of carbonyl (C=O) groups excluding carboxylic acids is 2. The molecule has 0 spiro atoms. The molecule has 4 heteroatoms. The molecule has 0 saturated heterocycles. The van der Waals surface area contributed by atoms with Crippen LogP contribution in [0.5, 0.6) is 0 Å². The second kappa shape index (κ2) is 5.48. The molecule has 0 aliphatic carbocycles. The molecule has 3 rings (SSSR count). The third-order valence-corrected chi connectivity index (χ3v) is 3.51. The molecule has 2 aromatic carbocycles. The summed E-state index contributed by atoms with van der Waals surface area (Å²) in [7, 11) is 0. The Labute approximate surface area is 128 Å². The maximum atomic E-state index is 12.2. The van der Waals surface area contributed by atoms with Crippen LogP contribution >= 0.6 is 0 Å². The van der Waals surface area contributed by atoms with Crippen molar-refractivity contribution in [1.29, 1.82) is 0 Å². The standard InChI is InChI=1S/C18H15NO3/c1-18(19-16(20)14-10-6-3-7-11-14)12-15(22-17(18)21)13-8-4-2-5-9-13/h2-12H,1H3,(H,19,20). The third-order valence-electron chi connectivity index (χ3n) is 3.51. The van der Waals surface area contributed by atoms with E-state index in [0.29, 0.717) is 11.3 Å². The summed E-state index contributed by atoms with van der Waals surface area (Å²) < 4.78 is 5.31. The Morgan fingerprint density at radius 1 is 1.00 bits per heavy atom. The van der Waals surface area contributed by atoms with E-state index in [0.717, 1.165) is 5.56 Å². The van der Waals surface area contributed by atoms with Crippen LogP contribution < -0.4 is 5.32 Å². The van der Waals surface area contributed by atoms with Crippen molar-refractivity contribution in [2.75, 3.05) is 0 Å². The Morgan fingerprint density at radius 2 is 1.59 bits per heavy atom. The van der Waals surface area contributed by atoms with E-state index in [1.165, 1.54) is 0 Å².